The molecule has 2 heterocycles. The van der Waals surface area contributed by atoms with Gasteiger partial charge in [0.15, 0.2) is 0 Å². The first kappa shape index (κ1) is 19.1. The molecule has 0 unspecified atom stereocenters. The molecule has 1 aromatic heterocycles. The zero-order valence-electron chi connectivity index (χ0n) is 14.7. The van der Waals surface area contributed by atoms with Crippen molar-refractivity contribution in [2.75, 3.05) is 20.3 Å². The lowest BCUT2D eigenvalue weighted by Crippen LogP contribution is -2.30. The van der Waals surface area contributed by atoms with Crippen LogP contribution in [0.4, 0.5) is 8.78 Å². The van der Waals surface area contributed by atoms with Crippen LogP contribution in [0, 0.1) is 0 Å². The van der Waals surface area contributed by atoms with Gasteiger partial charge in [-0.15, -0.1) is 0 Å². The first-order chi connectivity index (χ1) is 12.4. The Morgan fingerprint density at radius 2 is 1.96 bits per heavy atom. The number of carbonyl (C=O) groups is 1. The summed E-state index contributed by atoms with van der Waals surface area (Å²) in [5, 5.41) is 4.06. The molecule has 1 aromatic carbocycles. The van der Waals surface area contributed by atoms with E-state index in [0.717, 1.165) is 17.3 Å². The quantitative estimate of drug-likeness (QED) is 0.807. The van der Waals surface area contributed by atoms with E-state index in [2.05, 4.69) is 9.88 Å². The molecule has 2 fully saturated rings. The predicted octanol–water partition coefficient (Wildman–Crippen LogP) is 4.81. The molecular formula is C19H23ClF2N2O2. The van der Waals surface area contributed by atoms with Crippen LogP contribution < -0.4 is 5.32 Å². The van der Waals surface area contributed by atoms with Gasteiger partial charge in [0.1, 0.15) is 0 Å². The summed E-state index contributed by atoms with van der Waals surface area (Å²) in [5.74, 6) is -2.44. The van der Waals surface area contributed by atoms with E-state index in [1.807, 2.05) is 18.3 Å². The molecule has 2 aliphatic rings. The molecule has 7 heteroatoms. The smallest absolute Gasteiger partial charge is 0.253 e. The summed E-state index contributed by atoms with van der Waals surface area (Å²) in [4.78, 5) is 11.9. The Bertz CT molecular complexity index is 779. The Balaban J connectivity index is 0.000000206. The molecule has 26 heavy (non-hydrogen) atoms. The van der Waals surface area contributed by atoms with Crippen molar-refractivity contribution in [3.63, 3.8) is 0 Å². The molecule has 4 nitrogen and oxygen atoms in total. The Morgan fingerprint density at radius 1 is 1.27 bits per heavy atom. The second-order valence-electron chi connectivity index (χ2n) is 6.77. The maximum atomic E-state index is 12.2. The summed E-state index contributed by atoms with van der Waals surface area (Å²) in [6.07, 6.45) is 4.53. The molecule has 4 rings (SSSR count). The molecule has 1 aliphatic carbocycles. The van der Waals surface area contributed by atoms with Crippen molar-refractivity contribution in [1.29, 1.82) is 0 Å². The standard InChI is InChI=1S/C13H13ClN2O2.C6H10F2/c1-15-13(17)9-5-16(8-6-18-7-8)11-4-2-3-10(14)12(9)11;7-6(8)4-2-1-3-5-6/h2-5,8H,6-7H2,1H3,(H,15,17);1-5H2. The average molecular weight is 385 g/mol. The third kappa shape index (κ3) is 4.01. The number of amides is 1. The summed E-state index contributed by atoms with van der Waals surface area (Å²) in [6.45, 7) is 1.37. The van der Waals surface area contributed by atoms with Crippen LogP contribution in [-0.2, 0) is 4.74 Å². The van der Waals surface area contributed by atoms with Gasteiger partial charge in [-0.25, -0.2) is 8.78 Å². The van der Waals surface area contributed by atoms with Crippen molar-refractivity contribution >= 4 is 28.4 Å². The number of carbonyl (C=O) groups excluding carboxylic acids is 1. The van der Waals surface area contributed by atoms with Crippen LogP contribution >= 0.6 is 11.6 Å². The number of benzene rings is 1. The maximum absolute atomic E-state index is 12.2. The predicted molar refractivity (Wildman–Crippen MR) is 98.2 cm³/mol. The van der Waals surface area contributed by atoms with Crippen molar-refractivity contribution in [3.05, 3.63) is 35.0 Å². The number of fused-ring (bicyclic) bond motifs is 1. The minimum Gasteiger partial charge on any atom is -0.377 e. The number of halogens is 3. The van der Waals surface area contributed by atoms with Crippen LogP contribution in [0.3, 0.4) is 0 Å². The number of hydrogen-bond acceptors (Lipinski definition) is 2. The normalized spacial score (nSPS) is 19.4. The number of rotatable bonds is 2. The highest BCUT2D eigenvalue weighted by atomic mass is 35.5. The van der Waals surface area contributed by atoms with Gasteiger partial charge in [-0.2, -0.15) is 0 Å². The molecule has 1 aliphatic heterocycles. The van der Waals surface area contributed by atoms with E-state index in [-0.39, 0.29) is 18.7 Å². The van der Waals surface area contributed by atoms with E-state index < -0.39 is 5.92 Å². The summed E-state index contributed by atoms with van der Waals surface area (Å²) in [7, 11) is 1.62. The monoisotopic (exact) mass is 384 g/mol. The maximum Gasteiger partial charge on any atom is 0.253 e. The number of hydrogen-bond donors (Lipinski definition) is 1. The van der Waals surface area contributed by atoms with Crippen molar-refractivity contribution in [3.8, 4) is 0 Å². The first-order valence-corrected chi connectivity index (χ1v) is 9.27. The molecule has 1 N–H and O–H groups in total. The van der Waals surface area contributed by atoms with E-state index in [1.165, 1.54) is 0 Å². The van der Waals surface area contributed by atoms with Crippen molar-refractivity contribution in [2.24, 2.45) is 0 Å². The molecule has 1 saturated heterocycles. The lowest BCUT2D eigenvalue weighted by atomic mass is 9.97. The topological polar surface area (TPSA) is 43.3 Å². The van der Waals surface area contributed by atoms with Crippen LogP contribution in [0.1, 0.15) is 48.5 Å². The van der Waals surface area contributed by atoms with Crippen LogP contribution in [0.2, 0.25) is 5.02 Å². The van der Waals surface area contributed by atoms with Gasteiger partial charge in [-0.3, -0.25) is 4.79 Å². The van der Waals surface area contributed by atoms with Gasteiger partial charge in [-0.1, -0.05) is 24.1 Å². The summed E-state index contributed by atoms with van der Waals surface area (Å²) in [5.41, 5.74) is 1.60. The van der Waals surface area contributed by atoms with Crippen LogP contribution in [-0.4, -0.2) is 36.7 Å². The Hall–Kier alpha value is -1.66. The SMILES string of the molecule is CNC(=O)c1cn(C2COC2)c2cccc(Cl)c12.FC1(F)CCCCC1. The Labute approximate surface area is 156 Å². The highest BCUT2D eigenvalue weighted by Gasteiger charge is 2.30. The molecule has 0 atom stereocenters. The molecule has 1 amide bonds. The number of nitrogens with one attached hydrogen (secondary N) is 1. The fourth-order valence-electron chi connectivity index (χ4n) is 3.33. The molecule has 0 bridgehead atoms. The van der Waals surface area contributed by atoms with E-state index in [9.17, 15) is 13.6 Å². The van der Waals surface area contributed by atoms with Gasteiger partial charge < -0.3 is 14.6 Å². The van der Waals surface area contributed by atoms with Crippen LogP contribution in [0.15, 0.2) is 24.4 Å². The molecule has 0 spiro atoms. The number of nitrogens with zero attached hydrogens (tertiary/aromatic N) is 1. The third-order valence-electron chi connectivity index (χ3n) is 4.88. The van der Waals surface area contributed by atoms with Crippen molar-refractivity contribution in [1.82, 2.24) is 9.88 Å². The molecule has 2 aromatic rings. The van der Waals surface area contributed by atoms with Gasteiger partial charge in [0.25, 0.3) is 5.91 Å². The van der Waals surface area contributed by atoms with Crippen LogP contribution in [0.25, 0.3) is 10.9 Å². The second-order valence-corrected chi connectivity index (χ2v) is 7.18. The molecule has 1 saturated carbocycles. The summed E-state index contributed by atoms with van der Waals surface area (Å²) < 4.78 is 31.7. The Kier molecular flexibility index (Phi) is 5.82. The average Bonchev–Trinajstić information content (AvgIpc) is 2.94. The minimum absolute atomic E-state index is 0.118. The van der Waals surface area contributed by atoms with Gasteiger partial charge in [0.05, 0.1) is 35.4 Å². The molecule has 0 radical (unpaired) electrons. The highest BCUT2D eigenvalue weighted by molar-refractivity contribution is 6.36. The van der Waals surface area contributed by atoms with Gasteiger partial charge in [0.2, 0.25) is 5.92 Å². The van der Waals surface area contributed by atoms with Gasteiger partial charge in [-0.05, 0) is 25.0 Å². The summed E-state index contributed by atoms with van der Waals surface area (Å²) >= 11 is 6.22. The fourth-order valence-corrected chi connectivity index (χ4v) is 3.60. The van der Waals surface area contributed by atoms with Gasteiger partial charge >= 0.3 is 0 Å². The van der Waals surface area contributed by atoms with E-state index >= 15 is 0 Å². The number of ether oxygens (including phenoxy) is 1. The summed E-state index contributed by atoms with van der Waals surface area (Å²) in [6, 6.07) is 5.97. The zero-order chi connectivity index (χ0) is 18.7. The lowest BCUT2D eigenvalue weighted by Gasteiger charge is -2.28. The molecule has 142 valence electrons. The zero-order valence-corrected chi connectivity index (χ0v) is 15.5. The number of aromatic nitrogens is 1. The minimum atomic E-state index is -2.32. The van der Waals surface area contributed by atoms with E-state index in [1.54, 1.807) is 13.1 Å². The first-order valence-electron chi connectivity index (χ1n) is 8.89. The largest absolute Gasteiger partial charge is 0.377 e. The van der Waals surface area contributed by atoms with E-state index in [4.69, 9.17) is 16.3 Å². The Morgan fingerprint density at radius 3 is 2.46 bits per heavy atom. The second kappa shape index (κ2) is 7.92. The molecular weight excluding hydrogens is 362 g/mol. The lowest BCUT2D eigenvalue weighted by molar-refractivity contribution is -0.0337. The van der Waals surface area contributed by atoms with Gasteiger partial charge in [0, 0.05) is 31.5 Å². The fraction of sp³-hybridized carbons (Fsp3) is 0.526. The third-order valence-corrected chi connectivity index (χ3v) is 5.19. The van der Waals surface area contributed by atoms with E-state index in [0.29, 0.717) is 42.7 Å². The van der Waals surface area contributed by atoms with Crippen LogP contribution in [0.5, 0.6) is 0 Å². The number of alkyl halides is 2. The van der Waals surface area contributed by atoms with Crippen molar-refractivity contribution in [2.45, 2.75) is 44.1 Å². The highest BCUT2D eigenvalue weighted by Crippen LogP contribution is 2.33. The van der Waals surface area contributed by atoms with Crippen molar-refractivity contribution < 1.29 is 18.3 Å².